The number of hydrogen-bond acceptors (Lipinski definition) is 2. The predicted molar refractivity (Wildman–Crippen MR) is 93.8 cm³/mol. The SMILES string of the molecule is Cc1ccc(NS(=O)(=O)c2c(Cl)cc(Br)cc2Cl)c(Br)c1. The van der Waals surface area contributed by atoms with Gasteiger partial charge in [-0.1, -0.05) is 45.2 Å². The summed E-state index contributed by atoms with van der Waals surface area (Å²) in [6.45, 7) is 1.91. The quantitative estimate of drug-likeness (QED) is 0.628. The predicted octanol–water partition coefficient (Wildman–Crippen LogP) is 5.63. The van der Waals surface area contributed by atoms with Gasteiger partial charge in [-0.15, -0.1) is 0 Å². The second-order valence-corrected chi connectivity index (χ2v) is 8.49. The topological polar surface area (TPSA) is 46.2 Å². The van der Waals surface area contributed by atoms with Crippen molar-refractivity contribution in [2.75, 3.05) is 4.72 Å². The third-order valence-corrected chi connectivity index (χ3v) is 6.00. The summed E-state index contributed by atoms with van der Waals surface area (Å²) in [5.41, 5.74) is 1.42. The lowest BCUT2D eigenvalue weighted by molar-refractivity contribution is 0.601. The maximum Gasteiger partial charge on any atom is 0.264 e. The molecule has 0 atom stereocenters. The largest absolute Gasteiger partial charge is 0.278 e. The molecule has 0 saturated heterocycles. The molecule has 3 nitrogen and oxygen atoms in total. The van der Waals surface area contributed by atoms with Gasteiger partial charge in [0.05, 0.1) is 15.7 Å². The van der Waals surface area contributed by atoms with E-state index in [9.17, 15) is 8.42 Å². The summed E-state index contributed by atoms with van der Waals surface area (Å²) in [6, 6.07) is 8.23. The molecule has 0 radical (unpaired) electrons. The second-order valence-electron chi connectivity index (χ2n) is 4.29. The normalized spacial score (nSPS) is 11.5. The Morgan fingerprint density at radius 2 is 1.62 bits per heavy atom. The van der Waals surface area contributed by atoms with Crippen LogP contribution in [0.15, 0.2) is 44.2 Å². The number of nitrogens with one attached hydrogen (secondary N) is 1. The molecular weight excluding hydrogens is 465 g/mol. The molecular formula is C13H9Br2Cl2NO2S. The molecule has 0 unspecified atom stereocenters. The van der Waals surface area contributed by atoms with Gasteiger partial charge in [-0.3, -0.25) is 4.72 Å². The van der Waals surface area contributed by atoms with Crippen molar-refractivity contribution >= 4 is 70.8 Å². The van der Waals surface area contributed by atoms with Crippen LogP contribution in [-0.4, -0.2) is 8.42 Å². The molecule has 2 aromatic rings. The lowest BCUT2D eigenvalue weighted by Crippen LogP contribution is -2.14. The van der Waals surface area contributed by atoms with E-state index in [-0.39, 0.29) is 14.9 Å². The Kier molecular flexibility index (Phi) is 5.26. The third-order valence-electron chi connectivity index (χ3n) is 2.60. The van der Waals surface area contributed by atoms with Gasteiger partial charge in [-0.2, -0.15) is 0 Å². The van der Waals surface area contributed by atoms with Crippen molar-refractivity contribution in [3.05, 3.63) is 54.9 Å². The first kappa shape index (κ1) is 17.1. The highest BCUT2D eigenvalue weighted by molar-refractivity contribution is 9.10. The number of aryl methyl sites for hydroxylation is 1. The molecule has 1 N–H and O–H groups in total. The summed E-state index contributed by atoms with van der Waals surface area (Å²) in [5.74, 6) is 0. The van der Waals surface area contributed by atoms with Crippen molar-refractivity contribution in [2.45, 2.75) is 11.8 Å². The van der Waals surface area contributed by atoms with Crippen LogP contribution in [0.2, 0.25) is 10.0 Å². The third kappa shape index (κ3) is 3.93. The number of hydrogen-bond donors (Lipinski definition) is 1. The summed E-state index contributed by atoms with van der Waals surface area (Å²) in [5, 5.41) is 0.0928. The van der Waals surface area contributed by atoms with E-state index in [1.807, 2.05) is 13.0 Å². The number of benzene rings is 2. The van der Waals surface area contributed by atoms with Crippen LogP contribution in [-0.2, 0) is 10.0 Å². The van der Waals surface area contributed by atoms with E-state index in [0.29, 0.717) is 14.6 Å². The van der Waals surface area contributed by atoms with Crippen molar-refractivity contribution in [2.24, 2.45) is 0 Å². The maximum absolute atomic E-state index is 12.5. The fourth-order valence-electron chi connectivity index (χ4n) is 1.68. The van der Waals surface area contributed by atoms with E-state index in [1.54, 1.807) is 12.1 Å². The van der Waals surface area contributed by atoms with E-state index in [4.69, 9.17) is 23.2 Å². The van der Waals surface area contributed by atoms with Crippen molar-refractivity contribution in [3.8, 4) is 0 Å². The number of sulfonamides is 1. The molecule has 0 aliphatic heterocycles. The molecule has 0 aliphatic rings. The summed E-state index contributed by atoms with van der Waals surface area (Å²) < 4.78 is 28.7. The Morgan fingerprint density at radius 1 is 1.05 bits per heavy atom. The van der Waals surface area contributed by atoms with Crippen LogP contribution in [0.5, 0.6) is 0 Å². The van der Waals surface area contributed by atoms with E-state index >= 15 is 0 Å². The fourth-order valence-corrected chi connectivity index (χ4v) is 5.43. The van der Waals surface area contributed by atoms with Gasteiger partial charge in [0.25, 0.3) is 10.0 Å². The van der Waals surface area contributed by atoms with Crippen molar-refractivity contribution in [3.63, 3.8) is 0 Å². The molecule has 0 aromatic heterocycles. The monoisotopic (exact) mass is 471 g/mol. The minimum Gasteiger partial charge on any atom is -0.278 e. The summed E-state index contributed by atoms with van der Waals surface area (Å²) in [7, 11) is -3.89. The standard InChI is InChI=1S/C13H9Br2Cl2NO2S/c1-7-2-3-12(9(15)4-7)18-21(19,20)13-10(16)5-8(14)6-11(13)17/h2-6,18H,1H3. The van der Waals surface area contributed by atoms with Crippen molar-refractivity contribution in [1.29, 1.82) is 0 Å². The minimum absolute atomic E-state index is 0.0464. The molecule has 2 aromatic carbocycles. The van der Waals surface area contributed by atoms with Crippen LogP contribution < -0.4 is 4.72 Å². The van der Waals surface area contributed by atoms with Gasteiger partial charge in [0, 0.05) is 8.95 Å². The number of rotatable bonds is 3. The molecule has 0 bridgehead atoms. The molecule has 0 fully saturated rings. The summed E-state index contributed by atoms with van der Waals surface area (Å²) in [6.07, 6.45) is 0. The highest BCUT2D eigenvalue weighted by Gasteiger charge is 2.23. The zero-order valence-corrected chi connectivity index (χ0v) is 16.1. The van der Waals surface area contributed by atoms with E-state index in [0.717, 1.165) is 5.56 Å². The molecule has 0 heterocycles. The van der Waals surface area contributed by atoms with E-state index in [2.05, 4.69) is 36.6 Å². The van der Waals surface area contributed by atoms with Crippen molar-refractivity contribution in [1.82, 2.24) is 0 Å². The van der Waals surface area contributed by atoms with Gasteiger partial charge in [0.2, 0.25) is 0 Å². The lowest BCUT2D eigenvalue weighted by Gasteiger charge is -2.13. The van der Waals surface area contributed by atoms with E-state index in [1.165, 1.54) is 12.1 Å². The van der Waals surface area contributed by atoms with Crippen LogP contribution in [0.1, 0.15) is 5.56 Å². The first-order valence-electron chi connectivity index (χ1n) is 5.64. The van der Waals surface area contributed by atoms with Gasteiger partial charge in [0.15, 0.2) is 0 Å². The fraction of sp³-hybridized carbons (Fsp3) is 0.0769. The molecule has 21 heavy (non-hydrogen) atoms. The van der Waals surface area contributed by atoms with E-state index < -0.39 is 10.0 Å². The molecule has 0 spiro atoms. The van der Waals surface area contributed by atoms with Crippen LogP contribution in [0.25, 0.3) is 0 Å². The molecule has 0 amide bonds. The highest BCUT2D eigenvalue weighted by Crippen LogP contribution is 2.35. The van der Waals surface area contributed by atoms with Crippen molar-refractivity contribution < 1.29 is 8.42 Å². The Bertz CT molecular complexity index is 787. The van der Waals surface area contributed by atoms with Gasteiger partial charge in [-0.05, 0) is 52.7 Å². The van der Waals surface area contributed by atoms with Gasteiger partial charge >= 0.3 is 0 Å². The van der Waals surface area contributed by atoms with Gasteiger partial charge in [0.1, 0.15) is 4.90 Å². The molecule has 112 valence electrons. The van der Waals surface area contributed by atoms with Crippen LogP contribution in [0.3, 0.4) is 0 Å². The minimum atomic E-state index is -3.89. The summed E-state index contributed by atoms with van der Waals surface area (Å²) >= 11 is 18.5. The number of anilines is 1. The Hall–Kier alpha value is -0.270. The average molecular weight is 474 g/mol. The number of halogens is 4. The van der Waals surface area contributed by atoms with Gasteiger partial charge < -0.3 is 0 Å². The summed E-state index contributed by atoms with van der Waals surface area (Å²) in [4.78, 5) is -0.151. The van der Waals surface area contributed by atoms with Crippen LogP contribution in [0.4, 0.5) is 5.69 Å². The van der Waals surface area contributed by atoms with Crippen LogP contribution >= 0.6 is 55.1 Å². The molecule has 8 heteroatoms. The van der Waals surface area contributed by atoms with Gasteiger partial charge in [-0.25, -0.2) is 8.42 Å². The van der Waals surface area contributed by atoms with Crippen LogP contribution in [0, 0.1) is 6.92 Å². The maximum atomic E-state index is 12.5. The second kappa shape index (κ2) is 6.46. The zero-order valence-electron chi connectivity index (χ0n) is 10.6. The average Bonchev–Trinajstić information content (AvgIpc) is 2.30. The molecule has 0 saturated carbocycles. The first-order chi connectivity index (χ1) is 9.70. The smallest absolute Gasteiger partial charge is 0.264 e. The Morgan fingerprint density at radius 3 is 2.14 bits per heavy atom. The lowest BCUT2D eigenvalue weighted by atomic mass is 10.2. The Balaban J connectivity index is 2.48. The highest BCUT2D eigenvalue weighted by atomic mass is 79.9. The molecule has 2 rings (SSSR count). The first-order valence-corrected chi connectivity index (χ1v) is 9.47. The Labute approximate surface area is 150 Å². The zero-order chi connectivity index (χ0) is 15.8. The molecule has 0 aliphatic carbocycles.